The first-order valence-electron chi connectivity index (χ1n) is 8.14. The van der Waals surface area contributed by atoms with Gasteiger partial charge in [-0.05, 0) is 43.2 Å². The third-order valence-electron chi connectivity index (χ3n) is 4.29. The molecule has 0 unspecified atom stereocenters. The van der Waals surface area contributed by atoms with Crippen LogP contribution < -0.4 is 10.3 Å². The average molecular weight is 356 g/mol. The summed E-state index contributed by atoms with van der Waals surface area (Å²) in [7, 11) is 1.57. The van der Waals surface area contributed by atoms with Gasteiger partial charge in [-0.1, -0.05) is 23.9 Å². The van der Waals surface area contributed by atoms with E-state index >= 15 is 0 Å². The Balaban J connectivity index is 1.73. The molecule has 0 radical (unpaired) electrons. The molecule has 0 atom stereocenters. The molecule has 128 valence electrons. The molecule has 0 saturated heterocycles. The van der Waals surface area contributed by atoms with E-state index in [-0.39, 0.29) is 17.4 Å². The molecule has 1 saturated carbocycles. The van der Waals surface area contributed by atoms with Gasteiger partial charge in [0.05, 0.1) is 18.0 Å². The van der Waals surface area contributed by atoms with Gasteiger partial charge < -0.3 is 4.74 Å². The zero-order chi connectivity index (χ0) is 17.4. The van der Waals surface area contributed by atoms with Crippen molar-refractivity contribution in [2.75, 3.05) is 7.11 Å². The summed E-state index contributed by atoms with van der Waals surface area (Å²) in [6.07, 6.45) is 1.99. The Labute approximate surface area is 148 Å². The Bertz CT molecular complexity index is 998. The van der Waals surface area contributed by atoms with Gasteiger partial charge in [0.1, 0.15) is 11.6 Å². The van der Waals surface area contributed by atoms with Gasteiger partial charge in [0.15, 0.2) is 5.16 Å². The quantitative estimate of drug-likeness (QED) is 0.508. The van der Waals surface area contributed by atoms with E-state index in [1.54, 1.807) is 17.7 Å². The summed E-state index contributed by atoms with van der Waals surface area (Å²) in [4.78, 5) is 17.5. The highest BCUT2D eigenvalue weighted by molar-refractivity contribution is 7.98. The Morgan fingerprint density at radius 1 is 1.28 bits per heavy atom. The maximum atomic E-state index is 13.6. The first-order valence-corrected chi connectivity index (χ1v) is 9.12. The van der Waals surface area contributed by atoms with Crippen molar-refractivity contribution in [2.24, 2.45) is 0 Å². The first kappa shape index (κ1) is 16.1. The minimum Gasteiger partial charge on any atom is -0.496 e. The van der Waals surface area contributed by atoms with Gasteiger partial charge in [0.25, 0.3) is 5.56 Å². The van der Waals surface area contributed by atoms with E-state index in [1.165, 1.54) is 23.9 Å². The smallest absolute Gasteiger partial charge is 0.262 e. The standard InChI is InChI=1S/C19H17FN2O2S/c1-24-17-9-6-13(20)10-12(17)11-25-19-21-16-5-3-2-4-15(16)18(23)22(19)14-7-8-14/h2-6,9-10,14H,7-8,11H2,1H3. The van der Waals surface area contributed by atoms with E-state index < -0.39 is 0 Å². The van der Waals surface area contributed by atoms with Gasteiger partial charge in [-0.15, -0.1) is 0 Å². The summed E-state index contributed by atoms with van der Waals surface area (Å²) in [6.45, 7) is 0. The number of benzene rings is 2. The first-order chi connectivity index (χ1) is 12.2. The molecule has 1 fully saturated rings. The molecule has 3 aromatic rings. The molecule has 4 rings (SSSR count). The summed E-state index contributed by atoms with van der Waals surface area (Å²) in [5.41, 5.74) is 1.44. The number of hydrogen-bond acceptors (Lipinski definition) is 4. The minimum atomic E-state index is -0.303. The molecule has 1 aliphatic rings. The topological polar surface area (TPSA) is 44.1 Å². The Morgan fingerprint density at radius 3 is 2.84 bits per heavy atom. The van der Waals surface area contributed by atoms with Crippen molar-refractivity contribution in [3.63, 3.8) is 0 Å². The second-order valence-electron chi connectivity index (χ2n) is 6.06. The molecule has 25 heavy (non-hydrogen) atoms. The molecule has 0 amide bonds. The molecule has 0 spiro atoms. The van der Waals surface area contributed by atoms with Crippen molar-refractivity contribution in [1.29, 1.82) is 0 Å². The average Bonchev–Trinajstić information content (AvgIpc) is 3.45. The van der Waals surface area contributed by atoms with Gasteiger partial charge in [-0.25, -0.2) is 9.37 Å². The van der Waals surface area contributed by atoms with Crippen LogP contribution in [0.5, 0.6) is 5.75 Å². The number of rotatable bonds is 5. The van der Waals surface area contributed by atoms with Crippen LogP contribution in [0, 0.1) is 5.82 Å². The van der Waals surface area contributed by atoms with Crippen LogP contribution >= 0.6 is 11.8 Å². The van der Waals surface area contributed by atoms with E-state index in [2.05, 4.69) is 4.98 Å². The number of methoxy groups -OCH3 is 1. The zero-order valence-corrected chi connectivity index (χ0v) is 14.6. The van der Waals surface area contributed by atoms with E-state index in [0.717, 1.165) is 18.4 Å². The van der Waals surface area contributed by atoms with Crippen LogP contribution in [0.15, 0.2) is 52.4 Å². The van der Waals surface area contributed by atoms with Crippen LogP contribution in [0.2, 0.25) is 0 Å². The fourth-order valence-corrected chi connectivity index (χ4v) is 3.93. The molecule has 1 heterocycles. The molecular formula is C19H17FN2O2S. The Kier molecular flexibility index (Phi) is 4.21. The van der Waals surface area contributed by atoms with Crippen molar-refractivity contribution in [3.05, 3.63) is 64.2 Å². The van der Waals surface area contributed by atoms with Crippen LogP contribution in [0.3, 0.4) is 0 Å². The minimum absolute atomic E-state index is 0.00167. The number of ether oxygens (including phenoxy) is 1. The van der Waals surface area contributed by atoms with Gasteiger partial charge in [-0.3, -0.25) is 9.36 Å². The number of nitrogens with zero attached hydrogens (tertiary/aromatic N) is 2. The van der Waals surface area contributed by atoms with Crippen molar-refractivity contribution < 1.29 is 9.13 Å². The van der Waals surface area contributed by atoms with Gasteiger partial charge in [0.2, 0.25) is 0 Å². The van der Waals surface area contributed by atoms with Crippen molar-refractivity contribution >= 4 is 22.7 Å². The zero-order valence-electron chi connectivity index (χ0n) is 13.7. The van der Waals surface area contributed by atoms with Gasteiger partial charge in [0, 0.05) is 17.4 Å². The van der Waals surface area contributed by atoms with Crippen LogP contribution in [0.25, 0.3) is 10.9 Å². The Morgan fingerprint density at radius 2 is 2.08 bits per heavy atom. The van der Waals surface area contributed by atoms with Gasteiger partial charge >= 0.3 is 0 Å². The van der Waals surface area contributed by atoms with E-state index in [0.29, 0.717) is 27.6 Å². The van der Waals surface area contributed by atoms with Crippen LogP contribution in [0.1, 0.15) is 24.4 Å². The van der Waals surface area contributed by atoms with Crippen molar-refractivity contribution in [1.82, 2.24) is 9.55 Å². The molecule has 1 aromatic heterocycles. The monoisotopic (exact) mass is 356 g/mol. The third kappa shape index (κ3) is 3.14. The second-order valence-corrected chi connectivity index (χ2v) is 7.01. The summed E-state index contributed by atoms with van der Waals surface area (Å²) in [5.74, 6) is 0.816. The molecule has 0 aliphatic heterocycles. The molecule has 0 bridgehead atoms. The largest absolute Gasteiger partial charge is 0.496 e. The molecular weight excluding hydrogens is 339 g/mol. The highest BCUT2D eigenvalue weighted by Crippen LogP contribution is 2.38. The number of hydrogen-bond donors (Lipinski definition) is 0. The third-order valence-corrected chi connectivity index (χ3v) is 5.29. The maximum Gasteiger partial charge on any atom is 0.262 e. The lowest BCUT2D eigenvalue weighted by Crippen LogP contribution is -2.22. The number of aromatic nitrogens is 2. The highest BCUT2D eigenvalue weighted by atomic mass is 32.2. The molecule has 2 aromatic carbocycles. The maximum absolute atomic E-state index is 13.6. The SMILES string of the molecule is COc1ccc(F)cc1CSc1nc2ccccc2c(=O)n1C1CC1. The van der Waals surface area contributed by atoms with Gasteiger partial charge in [-0.2, -0.15) is 0 Å². The molecule has 6 heteroatoms. The van der Waals surface area contributed by atoms with Crippen LogP contribution in [-0.2, 0) is 5.75 Å². The normalized spacial score (nSPS) is 14.0. The lowest BCUT2D eigenvalue weighted by molar-refractivity contribution is 0.410. The van der Waals surface area contributed by atoms with E-state index in [1.807, 2.05) is 24.3 Å². The summed E-state index contributed by atoms with van der Waals surface area (Å²) >= 11 is 1.44. The van der Waals surface area contributed by atoms with Crippen LogP contribution in [-0.4, -0.2) is 16.7 Å². The number of halogens is 1. The summed E-state index contributed by atoms with van der Waals surface area (Å²) in [6, 6.07) is 12.1. The van der Waals surface area contributed by atoms with E-state index in [9.17, 15) is 9.18 Å². The molecule has 1 aliphatic carbocycles. The van der Waals surface area contributed by atoms with E-state index in [4.69, 9.17) is 4.74 Å². The number of para-hydroxylation sites is 1. The van der Waals surface area contributed by atoms with Crippen LogP contribution in [0.4, 0.5) is 4.39 Å². The van der Waals surface area contributed by atoms with Crippen molar-refractivity contribution in [2.45, 2.75) is 29.8 Å². The Hall–Kier alpha value is -2.34. The lowest BCUT2D eigenvalue weighted by Gasteiger charge is -2.13. The van der Waals surface area contributed by atoms with Crippen molar-refractivity contribution in [3.8, 4) is 5.75 Å². The second kappa shape index (κ2) is 6.52. The number of fused-ring (bicyclic) bond motifs is 1. The molecule has 0 N–H and O–H groups in total. The fourth-order valence-electron chi connectivity index (χ4n) is 2.88. The predicted octanol–water partition coefficient (Wildman–Crippen LogP) is 4.17. The number of thioether (sulfide) groups is 1. The lowest BCUT2D eigenvalue weighted by atomic mass is 10.2. The fraction of sp³-hybridized carbons (Fsp3) is 0.263. The molecule has 4 nitrogen and oxygen atoms in total. The summed E-state index contributed by atoms with van der Waals surface area (Å²) < 4.78 is 20.7. The predicted molar refractivity (Wildman–Crippen MR) is 96.8 cm³/mol. The highest BCUT2D eigenvalue weighted by Gasteiger charge is 2.28. The summed E-state index contributed by atoms with van der Waals surface area (Å²) in [5, 5.41) is 1.32.